The topological polar surface area (TPSA) is 305 Å². The number of aryl methyl sites for hydroxylation is 2. The minimum absolute atomic E-state index is 0.0168. The average Bonchev–Trinajstić information content (AvgIpc) is 3.62. The second kappa shape index (κ2) is 40.7. The van der Waals surface area contributed by atoms with E-state index in [1.165, 1.54) is 33.5 Å². The Balaban J connectivity index is -0.000000358. The number of nitrogens with two attached hydrogens (primary N) is 2. The highest BCUT2D eigenvalue weighted by Gasteiger charge is 2.15. The van der Waals surface area contributed by atoms with Crippen molar-refractivity contribution in [1.29, 1.82) is 0 Å². The Morgan fingerprint density at radius 1 is 0.809 bits per heavy atom. The van der Waals surface area contributed by atoms with Crippen molar-refractivity contribution in [3.05, 3.63) is 69.9 Å². The zero-order valence-corrected chi connectivity index (χ0v) is 43.2. The number of nitro benzene ring substituents is 1. The number of nitrogens with one attached hydrogen (secondary N) is 5. The van der Waals surface area contributed by atoms with Crippen molar-refractivity contribution in [2.24, 2.45) is 29.2 Å². The number of amides is 7. The highest BCUT2D eigenvalue weighted by atomic mass is 16.6. The second-order valence-electron chi connectivity index (χ2n) is 17.5. The van der Waals surface area contributed by atoms with E-state index in [0.717, 1.165) is 24.3 Å². The van der Waals surface area contributed by atoms with Crippen molar-refractivity contribution < 1.29 is 43.6 Å². The van der Waals surface area contributed by atoms with Crippen molar-refractivity contribution >= 4 is 59.4 Å². The minimum atomic E-state index is -0.609. The maximum atomic E-state index is 11.3. The van der Waals surface area contributed by atoms with Gasteiger partial charge in [0, 0.05) is 55.4 Å². The molecule has 0 saturated carbocycles. The van der Waals surface area contributed by atoms with Crippen LogP contribution in [0.1, 0.15) is 100 Å². The number of H-pyrrole nitrogens is 1. The third-order valence-electron chi connectivity index (χ3n) is 8.13. The molecule has 3 aromatic rings. The predicted octanol–water partition coefficient (Wildman–Crippen LogP) is 4.69. The van der Waals surface area contributed by atoms with Gasteiger partial charge in [-0.25, -0.2) is 0 Å². The highest BCUT2D eigenvalue weighted by molar-refractivity contribution is 5.83. The van der Waals surface area contributed by atoms with Gasteiger partial charge in [0.15, 0.2) is 5.75 Å². The summed E-state index contributed by atoms with van der Waals surface area (Å²) < 4.78 is 0. The zero-order valence-electron chi connectivity index (χ0n) is 43.2. The van der Waals surface area contributed by atoms with E-state index in [4.69, 9.17) is 10.8 Å². The van der Waals surface area contributed by atoms with Crippen LogP contribution in [0.15, 0.2) is 48.7 Å². The normalized spacial score (nSPS) is 10.6. The molecule has 2 atom stereocenters. The molecular formula is C48H84N10O10. The predicted molar refractivity (Wildman–Crippen MR) is 270 cm³/mol. The number of aromatic hydroxyl groups is 1. The second-order valence-corrected chi connectivity index (χ2v) is 17.5. The first-order valence-electron chi connectivity index (χ1n) is 22.4. The molecule has 10 N–H and O–H groups in total. The molecule has 0 radical (unpaired) electrons. The fourth-order valence-corrected chi connectivity index (χ4v) is 5.23. The summed E-state index contributed by atoms with van der Waals surface area (Å²) in [5.41, 5.74) is 12.9. The minimum Gasteiger partial charge on any atom is -0.502 e. The quantitative estimate of drug-likeness (QED) is 0.0492. The van der Waals surface area contributed by atoms with Crippen LogP contribution in [0.3, 0.4) is 0 Å². The molecule has 0 spiro atoms. The van der Waals surface area contributed by atoms with Gasteiger partial charge in [-0.2, -0.15) is 0 Å². The lowest BCUT2D eigenvalue weighted by Gasteiger charge is -2.25. The molecule has 1 aromatic heterocycles. The first-order chi connectivity index (χ1) is 31.6. The maximum absolute atomic E-state index is 11.3. The SMILES string of the molecule is CC(C)C.CC(C)CC(C)N(C)C(=O)CN.CC(C)CC(C)NC(=O)CN(C)C=O.CC(C)NC(=O)CNC=O.Cc1c[nH]c2ccccc12.Cc1ccc(O)c([N+](=O)[O-])c1.NC(=O)CNC=O. The number of phenols is 1. The number of para-hydroxylation sites is 1. The average molecular weight is 961 g/mol. The van der Waals surface area contributed by atoms with E-state index in [0.29, 0.717) is 37.1 Å². The molecule has 68 heavy (non-hydrogen) atoms. The fraction of sp³-hybridized carbons (Fsp3) is 0.562. The number of carbonyl (C=O) groups is 7. The van der Waals surface area contributed by atoms with Gasteiger partial charge in [-0.15, -0.1) is 0 Å². The highest BCUT2D eigenvalue weighted by Crippen LogP contribution is 2.25. The molecule has 7 amide bonds. The molecule has 0 bridgehead atoms. The van der Waals surface area contributed by atoms with Gasteiger partial charge in [0.2, 0.25) is 42.9 Å². The van der Waals surface area contributed by atoms with Crippen LogP contribution < -0.4 is 32.7 Å². The number of nitro groups is 1. The number of benzene rings is 2. The van der Waals surface area contributed by atoms with Gasteiger partial charge in [0.25, 0.3) is 0 Å². The molecule has 0 fully saturated rings. The molecule has 0 aliphatic carbocycles. The number of hydrogen-bond acceptors (Lipinski definition) is 11. The van der Waals surface area contributed by atoms with Crippen molar-refractivity contribution in [3.63, 3.8) is 0 Å². The van der Waals surface area contributed by atoms with Gasteiger partial charge >= 0.3 is 5.69 Å². The number of likely N-dealkylation sites (N-methyl/N-ethyl adjacent to an activating group) is 2. The lowest BCUT2D eigenvalue weighted by molar-refractivity contribution is -0.385. The molecule has 1 heterocycles. The van der Waals surface area contributed by atoms with E-state index >= 15 is 0 Å². The lowest BCUT2D eigenvalue weighted by atomic mass is 10.0. The molecule has 2 unspecified atom stereocenters. The molecule has 20 heteroatoms. The third-order valence-corrected chi connectivity index (χ3v) is 8.13. The van der Waals surface area contributed by atoms with Crippen LogP contribution in [0.25, 0.3) is 10.9 Å². The Kier molecular flexibility index (Phi) is 40.7. The van der Waals surface area contributed by atoms with Crippen LogP contribution in [0.2, 0.25) is 0 Å². The molecule has 0 aliphatic rings. The maximum Gasteiger partial charge on any atom is 0.310 e. The van der Waals surface area contributed by atoms with Crippen molar-refractivity contribution in [3.8, 4) is 5.75 Å². The number of phenolic OH excluding ortho intramolecular Hbond substituents is 1. The summed E-state index contributed by atoms with van der Waals surface area (Å²) in [6.07, 6.45) is 5.58. The summed E-state index contributed by atoms with van der Waals surface area (Å²) >= 11 is 0. The largest absolute Gasteiger partial charge is 0.502 e. The first-order valence-corrected chi connectivity index (χ1v) is 22.4. The van der Waals surface area contributed by atoms with Gasteiger partial charge < -0.3 is 52.6 Å². The van der Waals surface area contributed by atoms with Gasteiger partial charge in [-0.05, 0) is 95.4 Å². The van der Waals surface area contributed by atoms with Crippen LogP contribution in [0.4, 0.5) is 5.69 Å². The Morgan fingerprint density at radius 3 is 1.75 bits per heavy atom. The number of hydrogen-bond donors (Lipinski definition) is 8. The van der Waals surface area contributed by atoms with Gasteiger partial charge in [0.05, 0.1) is 31.1 Å². The van der Waals surface area contributed by atoms with E-state index in [1.54, 1.807) is 24.9 Å². The van der Waals surface area contributed by atoms with Gasteiger partial charge in [-0.1, -0.05) is 72.7 Å². The summed E-state index contributed by atoms with van der Waals surface area (Å²) in [6, 6.07) is 13.2. The van der Waals surface area contributed by atoms with Crippen molar-refractivity contribution in [2.75, 3.05) is 40.3 Å². The Hall–Kier alpha value is -6.57. The molecular weight excluding hydrogens is 877 g/mol. The van der Waals surface area contributed by atoms with E-state index < -0.39 is 10.8 Å². The monoisotopic (exact) mass is 961 g/mol. The van der Waals surface area contributed by atoms with Crippen LogP contribution in [-0.4, -0.2) is 126 Å². The van der Waals surface area contributed by atoms with Crippen LogP contribution >= 0.6 is 0 Å². The van der Waals surface area contributed by atoms with Gasteiger partial charge in [-0.3, -0.25) is 43.7 Å². The number of fused-ring (bicyclic) bond motifs is 1. The molecule has 2 aromatic carbocycles. The van der Waals surface area contributed by atoms with Crippen LogP contribution in [0, 0.1) is 41.7 Å². The molecule has 20 nitrogen and oxygen atoms in total. The summed E-state index contributed by atoms with van der Waals surface area (Å²) in [4.78, 5) is 88.0. The van der Waals surface area contributed by atoms with E-state index in [1.807, 2.05) is 47.0 Å². The summed E-state index contributed by atoms with van der Waals surface area (Å²) in [5.74, 6) is 0.938. The standard InChI is InChI=1S/C10H20N2O2.C9H20N2O.C9H9N.C7H7NO3.C6H12N2O2.C4H10.C3H6N2O2/c1-8(2)5-9(3)11-10(14)6-12(4)7-13;1-7(2)5-8(3)11(4)9(12)6-10;1-7-6-10-9-5-3-2-4-8(7)9;1-5-2-3-7(9)6(4-5)8(10)11;1-5(2)8-6(10)3-7-4-9;1-4(2)3;4-3(7)1-5-2-6/h7-9H,5-6H2,1-4H3,(H,11,14);7-8H,5-6,10H2,1-4H3;2-6,10H,1H3;2-4,9H,1H3;4-5H,3H2,1-2H3,(H,7,9)(H,8,10);4H,1-3H3;2H,1H2,(H2,4,7)(H,5,6). The number of rotatable bonds is 18. The number of primary amides is 1. The summed E-state index contributed by atoms with van der Waals surface area (Å²) in [5, 5.41) is 30.3. The third kappa shape index (κ3) is 40.9. The number of aromatic nitrogens is 1. The van der Waals surface area contributed by atoms with E-state index in [-0.39, 0.29) is 67.4 Å². The number of aromatic amines is 1. The zero-order chi connectivity index (χ0) is 53.5. The lowest BCUT2D eigenvalue weighted by Crippen LogP contribution is -2.39. The smallest absolute Gasteiger partial charge is 0.310 e. The molecule has 3 rings (SSSR count). The van der Waals surface area contributed by atoms with E-state index in [9.17, 15) is 43.7 Å². The first kappa shape index (κ1) is 68.0. The van der Waals surface area contributed by atoms with E-state index in [2.05, 4.69) is 106 Å². The van der Waals surface area contributed by atoms with Crippen molar-refractivity contribution in [1.82, 2.24) is 36.1 Å². The fourth-order valence-electron chi connectivity index (χ4n) is 5.23. The Morgan fingerprint density at radius 2 is 1.34 bits per heavy atom. The Labute approximate surface area is 404 Å². The molecule has 0 aliphatic heterocycles. The van der Waals surface area contributed by atoms with Crippen molar-refractivity contribution in [2.45, 2.75) is 121 Å². The van der Waals surface area contributed by atoms with Crippen LogP contribution in [-0.2, 0) is 33.6 Å². The summed E-state index contributed by atoms with van der Waals surface area (Å²) in [6.45, 7) is 26.8. The van der Waals surface area contributed by atoms with Gasteiger partial charge in [0.1, 0.15) is 0 Å². The Bertz CT molecular complexity index is 1880. The molecule has 0 saturated heterocycles. The number of nitrogens with zero attached hydrogens (tertiary/aromatic N) is 3. The number of carbonyl (C=O) groups excluding carboxylic acids is 7. The van der Waals surface area contributed by atoms with Crippen LogP contribution in [0.5, 0.6) is 5.75 Å². The molecule has 386 valence electrons. The summed E-state index contributed by atoms with van der Waals surface area (Å²) in [7, 11) is 3.39.